The Morgan fingerprint density at radius 1 is 1.00 bits per heavy atom. The van der Waals surface area contributed by atoms with Crippen LogP contribution < -0.4 is 4.74 Å². The molecule has 0 heterocycles. The number of alkyl halides is 3. The van der Waals surface area contributed by atoms with E-state index in [1.165, 1.54) is 18.2 Å². The molecule has 1 fully saturated rings. The van der Waals surface area contributed by atoms with Crippen LogP contribution in [-0.2, 0) is 5.41 Å². The number of ether oxygens (including phenoxy) is 1. The first kappa shape index (κ1) is 14.5. The van der Waals surface area contributed by atoms with Gasteiger partial charge in [0.25, 0.3) is 0 Å². The van der Waals surface area contributed by atoms with Crippen LogP contribution in [0.3, 0.4) is 0 Å². The molecule has 3 rings (SSSR count). The minimum Gasteiger partial charge on any atom is -0.406 e. The molecule has 0 unspecified atom stereocenters. The van der Waals surface area contributed by atoms with Crippen molar-refractivity contribution < 1.29 is 17.9 Å². The van der Waals surface area contributed by atoms with Gasteiger partial charge in [-0.15, -0.1) is 13.2 Å². The molecule has 2 nitrogen and oxygen atoms in total. The van der Waals surface area contributed by atoms with E-state index in [0.717, 1.165) is 24.0 Å². The highest BCUT2D eigenvalue weighted by Crippen LogP contribution is 2.47. The third kappa shape index (κ3) is 2.91. The zero-order chi connectivity index (χ0) is 15.8. The Labute approximate surface area is 125 Å². The van der Waals surface area contributed by atoms with E-state index in [-0.39, 0.29) is 11.2 Å². The number of rotatable bonds is 3. The molecule has 0 bridgehead atoms. The van der Waals surface area contributed by atoms with Crippen molar-refractivity contribution in [3.05, 3.63) is 54.1 Å². The average molecular weight is 303 g/mol. The number of nitrogens with zero attached hydrogens (tertiary/aromatic N) is 1. The molecule has 2 aromatic rings. The van der Waals surface area contributed by atoms with E-state index in [4.69, 9.17) is 5.26 Å². The lowest BCUT2D eigenvalue weighted by molar-refractivity contribution is -0.274. The van der Waals surface area contributed by atoms with Crippen LogP contribution in [0.5, 0.6) is 5.75 Å². The van der Waals surface area contributed by atoms with Gasteiger partial charge in [-0.1, -0.05) is 36.4 Å². The zero-order valence-electron chi connectivity index (χ0n) is 11.5. The molecule has 5 heteroatoms. The molecule has 0 radical (unpaired) electrons. The molecule has 0 saturated heterocycles. The lowest BCUT2D eigenvalue weighted by atomic mass is 9.95. The predicted molar refractivity (Wildman–Crippen MR) is 75.1 cm³/mol. The minimum atomic E-state index is -4.70. The van der Waals surface area contributed by atoms with E-state index >= 15 is 0 Å². The number of halogens is 3. The first-order valence-corrected chi connectivity index (χ1v) is 6.80. The van der Waals surface area contributed by atoms with Gasteiger partial charge in [0.2, 0.25) is 0 Å². The normalized spacial score (nSPS) is 15.9. The summed E-state index contributed by atoms with van der Waals surface area (Å²) < 4.78 is 40.7. The zero-order valence-corrected chi connectivity index (χ0v) is 11.5. The Hall–Kier alpha value is -2.48. The predicted octanol–water partition coefficient (Wildman–Crippen LogP) is 4.81. The first-order chi connectivity index (χ1) is 10.4. The Morgan fingerprint density at radius 2 is 1.68 bits per heavy atom. The van der Waals surface area contributed by atoms with Crippen molar-refractivity contribution in [2.24, 2.45) is 0 Å². The molecule has 0 N–H and O–H groups in total. The molecule has 0 amide bonds. The molecule has 1 aliphatic carbocycles. The number of hydrogen-bond acceptors (Lipinski definition) is 2. The highest BCUT2D eigenvalue weighted by Gasteiger charge is 2.44. The van der Waals surface area contributed by atoms with Gasteiger partial charge in [0, 0.05) is 0 Å². The molecular formula is C17H12F3NO. The maximum Gasteiger partial charge on any atom is 0.573 e. The standard InChI is InChI=1S/C17H12F3NO/c18-17(19,20)22-15-3-1-2-13(10-15)12-4-6-14(7-5-12)16(11-21)8-9-16/h1-7,10H,8-9H2. The summed E-state index contributed by atoms with van der Waals surface area (Å²) in [7, 11) is 0. The van der Waals surface area contributed by atoms with Crippen molar-refractivity contribution in [2.45, 2.75) is 24.6 Å². The van der Waals surface area contributed by atoms with Crippen molar-refractivity contribution in [1.82, 2.24) is 0 Å². The van der Waals surface area contributed by atoms with Crippen molar-refractivity contribution in [2.75, 3.05) is 0 Å². The van der Waals surface area contributed by atoms with E-state index in [9.17, 15) is 13.2 Å². The van der Waals surface area contributed by atoms with Crippen molar-refractivity contribution in [3.8, 4) is 22.9 Å². The SMILES string of the molecule is N#CC1(c2ccc(-c3cccc(OC(F)(F)F)c3)cc2)CC1. The summed E-state index contributed by atoms with van der Waals surface area (Å²) in [5, 5.41) is 9.17. The van der Waals surface area contributed by atoms with Crippen molar-refractivity contribution in [3.63, 3.8) is 0 Å². The van der Waals surface area contributed by atoms with Crippen LogP contribution in [0, 0.1) is 11.3 Å². The van der Waals surface area contributed by atoms with E-state index in [0.29, 0.717) is 5.56 Å². The first-order valence-electron chi connectivity index (χ1n) is 6.80. The van der Waals surface area contributed by atoms with Gasteiger partial charge in [-0.3, -0.25) is 0 Å². The smallest absolute Gasteiger partial charge is 0.406 e. The summed E-state index contributed by atoms with van der Waals surface area (Å²) in [6.07, 6.45) is -2.98. The van der Waals surface area contributed by atoms with Crippen LogP contribution >= 0.6 is 0 Å². The summed E-state index contributed by atoms with van der Waals surface area (Å²) >= 11 is 0. The highest BCUT2D eigenvalue weighted by molar-refractivity contribution is 5.66. The summed E-state index contributed by atoms with van der Waals surface area (Å²) in [5.41, 5.74) is 2.02. The summed E-state index contributed by atoms with van der Waals surface area (Å²) in [6, 6.07) is 15.5. The van der Waals surface area contributed by atoms with Crippen molar-refractivity contribution >= 4 is 0 Å². The second kappa shape index (κ2) is 5.06. The van der Waals surface area contributed by atoms with Gasteiger partial charge < -0.3 is 4.74 Å². The molecule has 0 atom stereocenters. The second-order valence-electron chi connectivity index (χ2n) is 5.35. The van der Waals surface area contributed by atoms with Crippen LogP contribution in [0.4, 0.5) is 13.2 Å². The van der Waals surface area contributed by atoms with Crippen molar-refractivity contribution in [1.29, 1.82) is 5.26 Å². The summed E-state index contributed by atoms with van der Waals surface area (Å²) in [6.45, 7) is 0. The molecule has 1 saturated carbocycles. The Balaban J connectivity index is 1.86. The summed E-state index contributed by atoms with van der Waals surface area (Å²) in [5.74, 6) is -0.246. The maximum absolute atomic E-state index is 12.3. The van der Waals surface area contributed by atoms with E-state index in [1.807, 2.05) is 24.3 Å². The van der Waals surface area contributed by atoms with Gasteiger partial charge >= 0.3 is 6.36 Å². The number of nitriles is 1. The van der Waals surface area contributed by atoms with Crippen LogP contribution in [0.15, 0.2) is 48.5 Å². The van der Waals surface area contributed by atoms with E-state index in [2.05, 4.69) is 10.8 Å². The lowest BCUT2D eigenvalue weighted by Gasteiger charge is -2.11. The highest BCUT2D eigenvalue weighted by atomic mass is 19.4. The third-order valence-electron chi connectivity index (χ3n) is 3.80. The van der Waals surface area contributed by atoms with Gasteiger partial charge in [-0.2, -0.15) is 5.26 Å². The molecule has 0 aromatic heterocycles. The Bertz CT molecular complexity index is 725. The number of hydrogen-bond donors (Lipinski definition) is 0. The van der Waals surface area contributed by atoms with Gasteiger partial charge in [0.15, 0.2) is 0 Å². The van der Waals surface area contributed by atoms with E-state index < -0.39 is 6.36 Å². The van der Waals surface area contributed by atoms with Crippen LogP contribution in [-0.4, -0.2) is 6.36 Å². The largest absolute Gasteiger partial charge is 0.573 e. The molecule has 22 heavy (non-hydrogen) atoms. The quantitative estimate of drug-likeness (QED) is 0.815. The lowest BCUT2D eigenvalue weighted by Crippen LogP contribution is -2.17. The fourth-order valence-electron chi connectivity index (χ4n) is 2.44. The average Bonchev–Trinajstić information content (AvgIpc) is 3.27. The van der Waals surface area contributed by atoms with Gasteiger partial charge in [-0.05, 0) is 41.7 Å². The Kier molecular flexibility index (Phi) is 3.32. The van der Waals surface area contributed by atoms with Crippen LogP contribution in [0.2, 0.25) is 0 Å². The van der Waals surface area contributed by atoms with E-state index in [1.54, 1.807) is 6.07 Å². The minimum absolute atomic E-state index is 0.246. The molecule has 1 aliphatic rings. The molecule has 0 aliphatic heterocycles. The third-order valence-corrected chi connectivity index (χ3v) is 3.80. The van der Waals surface area contributed by atoms with Gasteiger partial charge in [0.05, 0.1) is 11.5 Å². The fraction of sp³-hybridized carbons (Fsp3) is 0.235. The molecule has 0 spiro atoms. The molecule has 2 aromatic carbocycles. The summed E-state index contributed by atoms with van der Waals surface area (Å²) in [4.78, 5) is 0. The maximum atomic E-state index is 12.3. The van der Waals surface area contributed by atoms with Gasteiger partial charge in [0.1, 0.15) is 5.75 Å². The Morgan fingerprint density at radius 3 is 2.23 bits per heavy atom. The molecule has 112 valence electrons. The topological polar surface area (TPSA) is 33.0 Å². The monoisotopic (exact) mass is 303 g/mol. The van der Waals surface area contributed by atoms with Crippen LogP contribution in [0.25, 0.3) is 11.1 Å². The molecular weight excluding hydrogens is 291 g/mol. The second-order valence-corrected chi connectivity index (χ2v) is 5.35. The van der Waals surface area contributed by atoms with Crippen LogP contribution in [0.1, 0.15) is 18.4 Å². The number of benzene rings is 2. The van der Waals surface area contributed by atoms with Gasteiger partial charge in [-0.25, -0.2) is 0 Å². The fourth-order valence-corrected chi connectivity index (χ4v) is 2.44.